The number of nitro groups is 1. The molecule has 2 aromatic rings. The quantitative estimate of drug-likeness (QED) is 0.396. The Labute approximate surface area is 181 Å². The molecule has 0 heterocycles. The summed E-state index contributed by atoms with van der Waals surface area (Å²) >= 11 is 0. The van der Waals surface area contributed by atoms with Gasteiger partial charge in [0.1, 0.15) is 0 Å². The van der Waals surface area contributed by atoms with Gasteiger partial charge in [-0.1, -0.05) is 55.3 Å². The standard InChI is InChI=1S/C21H26N4O5S/c22-21(12-6-7-13-21)20(26)24-17(14-16-8-2-1-3-9-16)15-23-31(29,30)19-11-5-4-10-18(19)25(27)28/h1-5,8-11,17,23H,6-7,12-15,22H2,(H,24,26)/t17-/m1/s1. The second-order valence-electron chi connectivity index (χ2n) is 7.80. The van der Waals surface area contributed by atoms with Gasteiger partial charge in [0.15, 0.2) is 4.90 Å². The number of nitro benzene ring substituents is 1. The van der Waals surface area contributed by atoms with Crippen LogP contribution in [0.4, 0.5) is 5.69 Å². The van der Waals surface area contributed by atoms with Crippen molar-refractivity contribution in [2.75, 3.05) is 6.54 Å². The first-order valence-electron chi connectivity index (χ1n) is 10.1. The van der Waals surface area contributed by atoms with Crippen LogP contribution >= 0.6 is 0 Å². The highest BCUT2D eigenvalue weighted by Gasteiger charge is 2.38. The fourth-order valence-electron chi connectivity index (χ4n) is 3.76. The lowest BCUT2D eigenvalue weighted by Crippen LogP contribution is -2.56. The maximum absolute atomic E-state index is 12.8. The molecule has 1 saturated carbocycles. The number of amides is 1. The monoisotopic (exact) mass is 446 g/mol. The number of nitrogens with zero attached hydrogens (tertiary/aromatic N) is 1. The van der Waals surface area contributed by atoms with Crippen molar-refractivity contribution in [1.29, 1.82) is 0 Å². The minimum absolute atomic E-state index is 0.134. The molecule has 0 spiro atoms. The Morgan fingerprint density at radius 3 is 2.35 bits per heavy atom. The molecule has 0 bridgehead atoms. The number of carbonyl (C=O) groups is 1. The van der Waals surface area contributed by atoms with Crippen LogP contribution in [0.5, 0.6) is 0 Å². The number of rotatable bonds is 9. The third-order valence-corrected chi connectivity index (χ3v) is 6.95. The van der Waals surface area contributed by atoms with Gasteiger partial charge in [0.05, 0.1) is 10.5 Å². The molecule has 31 heavy (non-hydrogen) atoms. The van der Waals surface area contributed by atoms with Crippen LogP contribution < -0.4 is 15.8 Å². The highest BCUT2D eigenvalue weighted by Crippen LogP contribution is 2.27. The molecule has 1 aliphatic carbocycles. The van der Waals surface area contributed by atoms with Crippen LogP contribution in [-0.4, -0.2) is 37.4 Å². The first-order valence-corrected chi connectivity index (χ1v) is 11.6. The average Bonchev–Trinajstić information content (AvgIpc) is 3.20. The molecule has 3 rings (SSSR count). The van der Waals surface area contributed by atoms with Gasteiger partial charge < -0.3 is 11.1 Å². The summed E-state index contributed by atoms with van der Waals surface area (Å²) in [6.45, 7) is -0.134. The van der Waals surface area contributed by atoms with Gasteiger partial charge in [0.2, 0.25) is 15.9 Å². The first kappa shape index (κ1) is 22.9. The predicted octanol–water partition coefficient (Wildman–Crippen LogP) is 1.87. The molecule has 166 valence electrons. The Kier molecular flexibility index (Phi) is 7.04. The fraction of sp³-hybridized carbons (Fsp3) is 0.381. The van der Waals surface area contributed by atoms with Crippen molar-refractivity contribution in [3.8, 4) is 0 Å². The van der Waals surface area contributed by atoms with Gasteiger partial charge in [-0.2, -0.15) is 0 Å². The van der Waals surface area contributed by atoms with Crippen LogP contribution in [-0.2, 0) is 21.2 Å². The van der Waals surface area contributed by atoms with E-state index >= 15 is 0 Å². The summed E-state index contributed by atoms with van der Waals surface area (Å²) in [5, 5.41) is 14.1. The smallest absolute Gasteiger partial charge is 0.289 e. The zero-order valence-electron chi connectivity index (χ0n) is 17.0. The van der Waals surface area contributed by atoms with E-state index in [-0.39, 0.29) is 12.5 Å². The van der Waals surface area contributed by atoms with Crippen LogP contribution in [0.1, 0.15) is 31.2 Å². The Morgan fingerprint density at radius 2 is 1.71 bits per heavy atom. The minimum atomic E-state index is -4.17. The van der Waals surface area contributed by atoms with Crippen LogP contribution in [0.2, 0.25) is 0 Å². The number of sulfonamides is 1. The average molecular weight is 447 g/mol. The van der Waals surface area contributed by atoms with E-state index in [9.17, 15) is 23.3 Å². The molecule has 1 amide bonds. The number of nitrogens with two attached hydrogens (primary N) is 1. The minimum Gasteiger partial charge on any atom is -0.350 e. The molecule has 0 unspecified atom stereocenters. The molecule has 0 saturated heterocycles. The SMILES string of the molecule is NC1(C(=O)N[C@@H](CNS(=O)(=O)c2ccccc2[N+](=O)[O-])Cc2ccccc2)CCCC1. The maximum Gasteiger partial charge on any atom is 0.289 e. The zero-order valence-corrected chi connectivity index (χ0v) is 17.8. The number of carbonyl (C=O) groups excluding carboxylic acids is 1. The number of hydrogen-bond acceptors (Lipinski definition) is 6. The topological polar surface area (TPSA) is 144 Å². The van der Waals surface area contributed by atoms with Gasteiger partial charge in [-0.3, -0.25) is 14.9 Å². The second kappa shape index (κ2) is 9.54. The lowest BCUT2D eigenvalue weighted by molar-refractivity contribution is -0.387. The summed E-state index contributed by atoms with van der Waals surface area (Å²) < 4.78 is 27.9. The summed E-state index contributed by atoms with van der Waals surface area (Å²) in [5.74, 6) is -0.309. The zero-order chi connectivity index (χ0) is 22.5. The predicted molar refractivity (Wildman–Crippen MR) is 116 cm³/mol. The highest BCUT2D eigenvalue weighted by molar-refractivity contribution is 7.89. The van der Waals surface area contributed by atoms with Crippen molar-refractivity contribution in [3.05, 3.63) is 70.3 Å². The largest absolute Gasteiger partial charge is 0.350 e. The van der Waals surface area contributed by atoms with Crippen molar-refractivity contribution in [2.45, 2.75) is 48.6 Å². The number of nitrogens with one attached hydrogen (secondary N) is 2. The molecule has 10 heteroatoms. The Hall–Kier alpha value is -2.82. The summed E-state index contributed by atoms with van der Waals surface area (Å²) in [4.78, 5) is 22.9. The molecule has 4 N–H and O–H groups in total. The van der Waals surface area contributed by atoms with Gasteiger partial charge in [0.25, 0.3) is 5.69 Å². The van der Waals surface area contributed by atoms with Crippen molar-refractivity contribution in [3.63, 3.8) is 0 Å². The molecule has 1 aliphatic rings. The van der Waals surface area contributed by atoms with Crippen molar-refractivity contribution >= 4 is 21.6 Å². The normalized spacial score (nSPS) is 16.5. The molecular weight excluding hydrogens is 420 g/mol. The fourth-order valence-corrected chi connectivity index (χ4v) is 5.01. The van der Waals surface area contributed by atoms with Gasteiger partial charge >= 0.3 is 0 Å². The summed E-state index contributed by atoms with van der Waals surface area (Å²) in [7, 11) is -4.17. The van der Waals surface area contributed by atoms with E-state index in [0.29, 0.717) is 19.3 Å². The molecule has 9 nitrogen and oxygen atoms in total. The summed E-state index contributed by atoms with van der Waals surface area (Å²) in [6.07, 6.45) is 3.29. The molecular formula is C21H26N4O5S. The summed E-state index contributed by atoms with van der Waals surface area (Å²) in [5.41, 5.74) is 5.70. The first-order chi connectivity index (χ1) is 14.7. The molecule has 0 aliphatic heterocycles. The summed E-state index contributed by atoms with van der Waals surface area (Å²) in [6, 6.07) is 13.9. The van der Waals surface area contributed by atoms with Crippen molar-refractivity contribution in [2.24, 2.45) is 5.73 Å². The van der Waals surface area contributed by atoms with Gasteiger partial charge in [0, 0.05) is 18.7 Å². The van der Waals surface area contributed by atoms with Crippen LogP contribution in [0.15, 0.2) is 59.5 Å². The number of hydrogen-bond donors (Lipinski definition) is 3. The molecule has 1 atom stereocenters. The third kappa shape index (κ3) is 5.66. The van der Waals surface area contributed by atoms with Crippen molar-refractivity contribution < 1.29 is 18.1 Å². The van der Waals surface area contributed by atoms with Crippen LogP contribution in [0.3, 0.4) is 0 Å². The van der Waals surface area contributed by atoms with E-state index in [0.717, 1.165) is 24.5 Å². The van der Waals surface area contributed by atoms with Gasteiger partial charge in [-0.15, -0.1) is 0 Å². The Morgan fingerprint density at radius 1 is 1.10 bits per heavy atom. The van der Waals surface area contributed by atoms with E-state index in [2.05, 4.69) is 10.0 Å². The van der Waals surface area contributed by atoms with Gasteiger partial charge in [-0.25, -0.2) is 13.1 Å². The van der Waals surface area contributed by atoms with Gasteiger partial charge in [-0.05, 0) is 30.9 Å². The van der Waals surface area contributed by atoms with E-state index in [1.807, 2.05) is 30.3 Å². The highest BCUT2D eigenvalue weighted by atomic mass is 32.2. The maximum atomic E-state index is 12.8. The second-order valence-corrected chi connectivity index (χ2v) is 9.54. The van der Waals surface area contributed by atoms with E-state index in [1.54, 1.807) is 0 Å². The van der Waals surface area contributed by atoms with Crippen LogP contribution in [0, 0.1) is 10.1 Å². The lowest BCUT2D eigenvalue weighted by Gasteiger charge is -2.27. The van der Waals surface area contributed by atoms with Crippen LogP contribution in [0.25, 0.3) is 0 Å². The third-order valence-electron chi connectivity index (χ3n) is 5.48. The molecule has 1 fully saturated rings. The van der Waals surface area contributed by atoms with E-state index < -0.39 is 37.1 Å². The molecule has 0 aromatic heterocycles. The molecule has 2 aromatic carbocycles. The Balaban J connectivity index is 1.78. The van der Waals surface area contributed by atoms with Crippen molar-refractivity contribution in [1.82, 2.24) is 10.0 Å². The number of para-hydroxylation sites is 1. The lowest BCUT2D eigenvalue weighted by atomic mass is 9.96. The Bertz CT molecular complexity index is 1040. The van der Waals surface area contributed by atoms with E-state index in [4.69, 9.17) is 5.73 Å². The number of benzene rings is 2. The van der Waals surface area contributed by atoms with E-state index in [1.165, 1.54) is 18.2 Å². The molecule has 0 radical (unpaired) electrons.